The van der Waals surface area contributed by atoms with Gasteiger partial charge in [0.15, 0.2) is 0 Å². The second-order valence-electron chi connectivity index (χ2n) is 6.24. The van der Waals surface area contributed by atoms with Crippen molar-refractivity contribution in [2.24, 2.45) is 0 Å². The van der Waals surface area contributed by atoms with E-state index < -0.39 is 5.97 Å². The lowest BCUT2D eigenvalue weighted by atomic mass is 10.0. The molecule has 0 bridgehead atoms. The first-order chi connectivity index (χ1) is 11.6. The topological polar surface area (TPSA) is 66.4 Å². The molecule has 124 valence electrons. The van der Waals surface area contributed by atoms with Crippen LogP contribution in [0.2, 0.25) is 0 Å². The number of rotatable bonds is 6. The minimum atomic E-state index is -0.933. The molecule has 2 aromatic carbocycles. The van der Waals surface area contributed by atoms with Crippen molar-refractivity contribution in [2.75, 3.05) is 6.54 Å². The Morgan fingerprint density at radius 2 is 1.83 bits per heavy atom. The van der Waals surface area contributed by atoms with Gasteiger partial charge in [-0.3, -0.25) is 4.79 Å². The fourth-order valence-corrected chi connectivity index (χ4v) is 3.19. The van der Waals surface area contributed by atoms with Gasteiger partial charge in [-0.15, -0.1) is 0 Å². The maximum absolute atomic E-state index is 12.1. The van der Waals surface area contributed by atoms with Crippen LogP contribution in [0.3, 0.4) is 0 Å². The molecule has 2 N–H and O–H groups in total. The van der Waals surface area contributed by atoms with E-state index in [1.807, 2.05) is 12.1 Å². The van der Waals surface area contributed by atoms with E-state index in [2.05, 4.69) is 17.4 Å². The second-order valence-corrected chi connectivity index (χ2v) is 6.24. The molecular formula is C20H21NO3. The van der Waals surface area contributed by atoms with Gasteiger partial charge in [-0.25, -0.2) is 4.79 Å². The Morgan fingerprint density at radius 3 is 2.67 bits per heavy atom. The summed E-state index contributed by atoms with van der Waals surface area (Å²) in [5, 5.41) is 11.9. The molecule has 1 aliphatic carbocycles. The Balaban J connectivity index is 1.49. The summed E-state index contributed by atoms with van der Waals surface area (Å²) in [6.07, 6.45) is 4.49. The number of carbonyl (C=O) groups is 2. The van der Waals surface area contributed by atoms with Gasteiger partial charge in [0.2, 0.25) is 5.91 Å². The van der Waals surface area contributed by atoms with Gasteiger partial charge >= 0.3 is 5.97 Å². The van der Waals surface area contributed by atoms with Crippen LogP contribution in [0.25, 0.3) is 0 Å². The lowest BCUT2D eigenvalue weighted by Crippen LogP contribution is -2.27. The monoisotopic (exact) mass is 323 g/mol. The largest absolute Gasteiger partial charge is 0.478 e. The summed E-state index contributed by atoms with van der Waals surface area (Å²) >= 11 is 0. The quantitative estimate of drug-likeness (QED) is 0.859. The smallest absolute Gasteiger partial charge is 0.335 e. The van der Waals surface area contributed by atoms with Crippen molar-refractivity contribution in [1.29, 1.82) is 0 Å². The first-order valence-corrected chi connectivity index (χ1v) is 8.31. The third kappa shape index (κ3) is 4.02. The molecule has 24 heavy (non-hydrogen) atoms. The molecule has 0 heterocycles. The van der Waals surface area contributed by atoms with Crippen LogP contribution in [0.1, 0.15) is 39.0 Å². The fourth-order valence-electron chi connectivity index (χ4n) is 3.19. The summed E-state index contributed by atoms with van der Waals surface area (Å²) in [6, 6.07) is 13.2. The molecule has 3 rings (SSSR count). The lowest BCUT2D eigenvalue weighted by Gasteiger charge is -2.07. The van der Waals surface area contributed by atoms with E-state index >= 15 is 0 Å². The van der Waals surface area contributed by atoms with Crippen LogP contribution < -0.4 is 5.32 Å². The molecule has 0 fully saturated rings. The zero-order valence-corrected chi connectivity index (χ0v) is 13.5. The van der Waals surface area contributed by atoms with Crippen molar-refractivity contribution in [1.82, 2.24) is 5.32 Å². The predicted octanol–water partition coefficient (Wildman–Crippen LogP) is 2.77. The number of carboxylic acid groups (broad SMARTS) is 1. The molecule has 0 saturated heterocycles. The van der Waals surface area contributed by atoms with Gasteiger partial charge in [-0.1, -0.05) is 30.3 Å². The highest BCUT2D eigenvalue weighted by atomic mass is 16.4. The molecule has 0 aromatic heterocycles. The molecule has 0 aliphatic heterocycles. The Hall–Kier alpha value is -2.62. The van der Waals surface area contributed by atoms with Crippen molar-refractivity contribution in [3.05, 3.63) is 70.3 Å². The zero-order valence-electron chi connectivity index (χ0n) is 13.5. The molecule has 0 unspecified atom stereocenters. The number of aryl methyl sites for hydroxylation is 2. The van der Waals surface area contributed by atoms with Crippen molar-refractivity contribution < 1.29 is 14.7 Å². The van der Waals surface area contributed by atoms with E-state index in [1.54, 1.807) is 18.2 Å². The highest BCUT2D eigenvalue weighted by Crippen LogP contribution is 2.22. The molecule has 4 heteroatoms. The molecule has 4 nitrogen and oxygen atoms in total. The summed E-state index contributed by atoms with van der Waals surface area (Å²) in [5.74, 6) is -0.931. The number of fused-ring (bicyclic) bond motifs is 1. The Bertz CT molecular complexity index is 767. The first kappa shape index (κ1) is 16.2. The standard InChI is InChI=1S/C20H21NO3/c22-19(13-15-7-8-16-4-2-5-17(16)12-15)21-10-9-14-3-1-6-18(11-14)20(23)24/h1,3,6-8,11-12H,2,4-5,9-10,13H2,(H,21,22)(H,23,24). The van der Waals surface area contributed by atoms with E-state index in [9.17, 15) is 9.59 Å². The maximum atomic E-state index is 12.1. The Kier molecular flexibility index (Phi) is 4.94. The van der Waals surface area contributed by atoms with Crippen LogP contribution >= 0.6 is 0 Å². The first-order valence-electron chi connectivity index (χ1n) is 8.31. The number of carboxylic acids is 1. The van der Waals surface area contributed by atoms with Crippen molar-refractivity contribution in [3.63, 3.8) is 0 Å². The number of carbonyl (C=O) groups excluding carboxylic acids is 1. The van der Waals surface area contributed by atoms with Crippen molar-refractivity contribution in [3.8, 4) is 0 Å². The van der Waals surface area contributed by atoms with Gasteiger partial charge in [0.1, 0.15) is 0 Å². The van der Waals surface area contributed by atoms with Crippen LogP contribution in [0.4, 0.5) is 0 Å². The van der Waals surface area contributed by atoms with Gasteiger partial charge < -0.3 is 10.4 Å². The normalized spacial score (nSPS) is 12.7. The summed E-state index contributed by atoms with van der Waals surface area (Å²) in [4.78, 5) is 23.0. The van der Waals surface area contributed by atoms with Gasteiger partial charge in [0.25, 0.3) is 0 Å². The molecular weight excluding hydrogens is 302 g/mol. The fraction of sp³-hybridized carbons (Fsp3) is 0.300. The van der Waals surface area contributed by atoms with Crippen LogP contribution in [-0.2, 0) is 30.5 Å². The van der Waals surface area contributed by atoms with Crippen molar-refractivity contribution >= 4 is 11.9 Å². The van der Waals surface area contributed by atoms with Crippen molar-refractivity contribution in [2.45, 2.75) is 32.1 Å². The van der Waals surface area contributed by atoms with E-state index in [1.165, 1.54) is 17.5 Å². The van der Waals surface area contributed by atoms with Crippen LogP contribution in [0.15, 0.2) is 42.5 Å². The summed E-state index contributed by atoms with van der Waals surface area (Å²) in [7, 11) is 0. The zero-order chi connectivity index (χ0) is 16.9. The molecule has 1 aliphatic rings. The summed E-state index contributed by atoms with van der Waals surface area (Å²) < 4.78 is 0. The summed E-state index contributed by atoms with van der Waals surface area (Å²) in [6.45, 7) is 0.507. The second kappa shape index (κ2) is 7.30. The van der Waals surface area contributed by atoms with E-state index in [0.717, 1.165) is 24.0 Å². The highest BCUT2D eigenvalue weighted by molar-refractivity contribution is 5.87. The minimum Gasteiger partial charge on any atom is -0.478 e. The van der Waals surface area contributed by atoms with E-state index in [4.69, 9.17) is 5.11 Å². The van der Waals surface area contributed by atoms with Gasteiger partial charge in [-0.05, 0) is 60.1 Å². The van der Waals surface area contributed by atoms with Crippen LogP contribution in [0.5, 0.6) is 0 Å². The van der Waals surface area contributed by atoms with Gasteiger partial charge in [0, 0.05) is 6.54 Å². The van der Waals surface area contributed by atoms with E-state index in [-0.39, 0.29) is 11.5 Å². The highest BCUT2D eigenvalue weighted by Gasteiger charge is 2.12. The average Bonchev–Trinajstić information content (AvgIpc) is 3.03. The number of benzene rings is 2. The van der Waals surface area contributed by atoms with Crippen LogP contribution in [0, 0.1) is 0 Å². The maximum Gasteiger partial charge on any atom is 0.335 e. The molecule has 1 amide bonds. The third-order valence-electron chi connectivity index (χ3n) is 4.44. The van der Waals surface area contributed by atoms with E-state index in [0.29, 0.717) is 19.4 Å². The molecule has 0 radical (unpaired) electrons. The number of nitrogens with one attached hydrogen (secondary N) is 1. The Labute approximate surface area is 141 Å². The molecule has 0 atom stereocenters. The molecule has 0 spiro atoms. The number of aromatic carboxylic acids is 1. The number of hydrogen-bond donors (Lipinski definition) is 2. The molecule has 0 saturated carbocycles. The summed E-state index contributed by atoms with van der Waals surface area (Å²) in [5.41, 5.74) is 5.04. The van der Waals surface area contributed by atoms with Gasteiger partial charge in [-0.2, -0.15) is 0 Å². The number of hydrogen-bond acceptors (Lipinski definition) is 2. The minimum absolute atomic E-state index is 0.00216. The van der Waals surface area contributed by atoms with Gasteiger partial charge in [0.05, 0.1) is 12.0 Å². The average molecular weight is 323 g/mol. The SMILES string of the molecule is O=C(Cc1ccc2c(c1)CCC2)NCCc1cccc(C(=O)O)c1. The Morgan fingerprint density at radius 1 is 1.00 bits per heavy atom. The van der Waals surface area contributed by atoms with Crippen LogP contribution in [-0.4, -0.2) is 23.5 Å². The lowest BCUT2D eigenvalue weighted by molar-refractivity contribution is -0.120. The predicted molar refractivity (Wildman–Crippen MR) is 92.3 cm³/mol. The number of amides is 1. The molecule has 2 aromatic rings. The third-order valence-corrected chi connectivity index (χ3v) is 4.44.